The SMILES string of the molecule is CCNC(=NCc1cc(C)ccc1OC(F)F)NCc1cccnc1N1CCOCC1.I. The first-order chi connectivity index (χ1) is 15.1. The number of nitrogens with zero attached hydrogens (tertiary/aromatic N) is 3. The summed E-state index contributed by atoms with van der Waals surface area (Å²) >= 11 is 0. The maximum atomic E-state index is 12.7. The Hall–Kier alpha value is -2.21. The van der Waals surface area contributed by atoms with Crippen molar-refractivity contribution in [2.75, 3.05) is 37.7 Å². The van der Waals surface area contributed by atoms with Crippen molar-refractivity contribution in [3.8, 4) is 5.75 Å². The first kappa shape index (κ1) is 26.0. The predicted octanol–water partition coefficient (Wildman–Crippen LogP) is 3.70. The van der Waals surface area contributed by atoms with Crippen molar-refractivity contribution < 1.29 is 18.3 Å². The number of aromatic nitrogens is 1. The molecule has 3 rings (SSSR count). The highest BCUT2D eigenvalue weighted by atomic mass is 127. The van der Waals surface area contributed by atoms with E-state index < -0.39 is 6.61 Å². The van der Waals surface area contributed by atoms with Crippen LogP contribution in [0.1, 0.15) is 23.6 Å². The minimum Gasteiger partial charge on any atom is -0.434 e. The number of alkyl halides is 2. The zero-order chi connectivity index (χ0) is 22.1. The van der Waals surface area contributed by atoms with Gasteiger partial charge < -0.3 is 25.0 Å². The van der Waals surface area contributed by atoms with Crippen molar-refractivity contribution >= 4 is 35.8 Å². The van der Waals surface area contributed by atoms with Gasteiger partial charge in [-0.3, -0.25) is 0 Å². The first-order valence-electron chi connectivity index (χ1n) is 10.4. The Bertz CT molecular complexity index is 879. The summed E-state index contributed by atoms with van der Waals surface area (Å²) in [5, 5.41) is 6.51. The Morgan fingerprint density at radius 3 is 2.72 bits per heavy atom. The van der Waals surface area contributed by atoms with Gasteiger partial charge in [-0.2, -0.15) is 8.78 Å². The van der Waals surface area contributed by atoms with Gasteiger partial charge in [-0.05, 0) is 26.0 Å². The molecule has 1 aromatic heterocycles. The van der Waals surface area contributed by atoms with Crippen LogP contribution in [0.5, 0.6) is 5.75 Å². The summed E-state index contributed by atoms with van der Waals surface area (Å²) in [7, 11) is 0. The molecule has 0 amide bonds. The number of ether oxygens (including phenoxy) is 2. The van der Waals surface area contributed by atoms with Gasteiger partial charge in [0.15, 0.2) is 5.96 Å². The quantitative estimate of drug-likeness (QED) is 0.291. The van der Waals surface area contributed by atoms with Gasteiger partial charge in [0.1, 0.15) is 11.6 Å². The van der Waals surface area contributed by atoms with Crippen LogP contribution in [0.3, 0.4) is 0 Å². The first-order valence-corrected chi connectivity index (χ1v) is 10.4. The molecule has 2 N–H and O–H groups in total. The standard InChI is InChI=1S/C22H29F2N5O2.HI/c1-3-25-22(28-15-18-13-16(2)6-7-19(18)31-21(23)24)27-14-17-5-4-8-26-20(17)29-9-11-30-12-10-29;/h4-8,13,21H,3,9-12,14-15H2,1-2H3,(H2,25,27,28);1H. The molecule has 7 nitrogen and oxygen atoms in total. The summed E-state index contributed by atoms with van der Waals surface area (Å²) in [5.74, 6) is 1.66. The van der Waals surface area contributed by atoms with E-state index >= 15 is 0 Å². The molecule has 1 aliphatic rings. The minimum atomic E-state index is -2.87. The average molecular weight is 561 g/mol. The topological polar surface area (TPSA) is 71.0 Å². The number of aliphatic imine (C=N–C) groups is 1. The Balaban J connectivity index is 0.00000363. The number of aryl methyl sites for hydroxylation is 1. The van der Waals surface area contributed by atoms with Gasteiger partial charge in [-0.1, -0.05) is 23.8 Å². The summed E-state index contributed by atoms with van der Waals surface area (Å²) in [6, 6.07) is 9.04. The molecular weight excluding hydrogens is 531 g/mol. The van der Waals surface area contributed by atoms with E-state index in [9.17, 15) is 8.78 Å². The van der Waals surface area contributed by atoms with E-state index in [0.29, 0.717) is 37.8 Å². The third-order valence-corrected chi connectivity index (χ3v) is 4.81. The van der Waals surface area contributed by atoms with Crippen LogP contribution in [-0.4, -0.2) is 50.4 Å². The number of guanidine groups is 1. The summed E-state index contributed by atoms with van der Waals surface area (Å²) in [6.07, 6.45) is 1.79. The maximum Gasteiger partial charge on any atom is 0.387 e. The number of halogens is 3. The normalized spacial score (nSPS) is 14.2. The predicted molar refractivity (Wildman–Crippen MR) is 132 cm³/mol. The number of hydrogen-bond donors (Lipinski definition) is 2. The number of nitrogens with one attached hydrogen (secondary N) is 2. The number of benzene rings is 1. The lowest BCUT2D eigenvalue weighted by molar-refractivity contribution is -0.0504. The van der Waals surface area contributed by atoms with Gasteiger partial charge in [0.2, 0.25) is 0 Å². The van der Waals surface area contributed by atoms with Crippen molar-refractivity contribution in [1.82, 2.24) is 15.6 Å². The average Bonchev–Trinajstić information content (AvgIpc) is 2.78. The molecule has 0 bridgehead atoms. The number of pyridine rings is 1. The van der Waals surface area contributed by atoms with E-state index in [1.807, 2.05) is 32.0 Å². The van der Waals surface area contributed by atoms with Crippen molar-refractivity contribution in [3.63, 3.8) is 0 Å². The van der Waals surface area contributed by atoms with Gasteiger partial charge in [0, 0.05) is 43.5 Å². The van der Waals surface area contributed by atoms with Crippen molar-refractivity contribution in [1.29, 1.82) is 0 Å². The van der Waals surface area contributed by atoms with E-state index in [2.05, 4.69) is 30.2 Å². The zero-order valence-corrected chi connectivity index (χ0v) is 20.6. The second-order valence-electron chi connectivity index (χ2n) is 7.12. The summed E-state index contributed by atoms with van der Waals surface area (Å²) in [5.41, 5.74) is 2.61. The molecule has 1 saturated heterocycles. The molecular formula is C22H30F2IN5O2. The van der Waals surface area contributed by atoms with Crippen LogP contribution < -0.4 is 20.3 Å². The lowest BCUT2D eigenvalue weighted by atomic mass is 10.1. The van der Waals surface area contributed by atoms with Crippen LogP contribution in [0, 0.1) is 6.92 Å². The molecule has 0 aliphatic carbocycles. The molecule has 0 radical (unpaired) electrons. The number of morpholine rings is 1. The van der Waals surface area contributed by atoms with Crippen LogP contribution in [0.4, 0.5) is 14.6 Å². The molecule has 176 valence electrons. The number of anilines is 1. The van der Waals surface area contributed by atoms with Gasteiger partial charge in [-0.25, -0.2) is 9.98 Å². The molecule has 1 aromatic carbocycles. The Kier molecular flexibility index (Phi) is 10.9. The third kappa shape index (κ3) is 7.73. The maximum absolute atomic E-state index is 12.7. The Morgan fingerprint density at radius 2 is 2.00 bits per heavy atom. The van der Waals surface area contributed by atoms with Gasteiger partial charge >= 0.3 is 6.61 Å². The van der Waals surface area contributed by atoms with Crippen LogP contribution in [0.15, 0.2) is 41.5 Å². The molecule has 0 spiro atoms. The molecule has 1 aliphatic heterocycles. The molecule has 2 aromatic rings. The van der Waals surface area contributed by atoms with Gasteiger partial charge in [0.05, 0.1) is 19.8 Å². The highest BCUT2D eigenvalue weighted by Gasteiger charge is 2.16. The lowest BCUT2D eigenvalue weighted by Gasteiger charge is -2.29. The van der Waals surface area contributed by atoms with Crippen LogP contribution >= 0.6 is 24.0 Å². The van der Waals surface area contributed by atoms with E-state index in [-0.39, 0.29) is 36.3 Å². The molecule has 2 heterocycles. The molecule has 10 heteroatoms. The number of rotatable bonds is 8. The molecule has 0 atom stereocenters. The third-order valence-electron chi connectivity index (χ3n) is 4.81. The number of hydrogen-bond acceptors (Lipinski definition) is 5. The van der Waals surface area contributed by atoms with Crippen molar-refractivity contribution in [3.05, 3.63) is 53.2 Å². The second-order valence-corrected chi connectivity index (χ2v) is 7.12. The van der Waals surface area contributed by atoms with Crippen LogP contribution in [0.25, 0.3) is 0 Å². The minimum absolute atomic E-state index is 0. The van der Waals surface area contributed by atoms with Crippen molar-refractivity contribution in [2.24, 2.45) is 4.99 Å². The highest BCUT2D eigenvalue weighted by Crippen LogP contribution is 2.23. The zero-order valence-electron chi connectivity index (χ0n) is 18.3. The lowest BCUT2D eigenvalue weighted by Crippen LogP contribution is -2.39. The largest absolute Gasteiger partial charge is 0.434 e. The fraction of sp³-hybridized carbons (Fsp3) is 0.455. The summed E-state index contributed by atoms with van der Waals surface area (Å²) in [6.45, 7) is 5.39. The Labute approximate surface area is 204 Å². The van der Waals surface area contributed by atoms with E-state index in [1.54, 1.807) is 18.3 Å². The summed E-state index contributed by atoms with van der Waals surface area (Å²) in [4.78, 5) is 11.3. The summed E-state index contributed by atoms with van der Waals surface area (Å²) < 4.78 is 35.5. The fourth-order valence-electron chi connectivity index (χ4n) is 3.36. The highest BCUT2D eigenvalue weighted by molar-refractivity contribution is 14.0. The smallest absolute Gasteiger partial charge is 0.387 e. The molecule has 32 heavy (non-hydrogen) atoms. The van der Waals surface area contributed by atoms with E-state index in [0.717, 1.165) is 30.0 Å². The van der Waals surface area contributed by atoms with E-state index in [1.165, 1.54) is 0 Å². The molecule has 1 fully saturated rings. The fourth-order valence-corrected chi connectivity index (χ4v) is 3.36. The molecule has 0 saturated carbocycles. The second kappa shape index (κ2) is 13.4. The van der Waals surface area contributed by atoms with Crippen LogP contribution in [0.2, 0.25) is 0 Å². The van der Waals surface area contributed by atoms with E-state index in [4.69, 9.17) is 4.74 Å². The molecule has 0 unspecified atom stereocenters. The van der Waals surface area contributed by atoms with Crippen LogP contribution in [-0.2, 0) is 17.8 Å². The van der Waals surface area contributed by atoms with Gasteiger partial charge in [0.25, 0.3) is 0 Å². The van der Waals surface area contributed by atoms with Gasteiger partial charge in [-0.15, -0.1) is 24.0 Å². The Morgan fingerprint density at radius 1 is 1.22 bits per heavy atom. The monoisotopic (exact) mass is 561 g/mol. The van der Waals surface area contributed by atoms with Crippen molar-refractivity contribution in [2.45, 2.75) is 33.5 Å².